The van der Waals surface area contributed by atoms with E-state index >= 15 is 0 Å². The number of hydrogen-bond acceptors (Lipinski definition) is 7. The second kappa shape index (κ2) is 7.67. The first-order chi connectivity index (χ1) is 16.3. The molecule has 176 valence electrons. The molecule has 6 rings (SSSR count). The van der Waals surface area contributed by atoms with Gasteiger partial charge in [0, 0.05) is 37.8 Å². The highest BCUT2D eigenvalue weighted by atomic mass is 32.1. The van der Waals surface area contributed by atoms with Gasteiger partial charge in [0.1, 0.15) is 16.6 Å². The summed E-state index contributed by atoms with van der Waals surface area (Å²) in [5.74, 6) is -1.95. The van der Waals surface area contributed by atoms with E-state index in [0.29, 0.717) is 30.2 Å². The van der Waals surface area contributed by atoms with Crippen molar-refractivity contribution in [2.24, 2.45) is 5.92 Å². The zero-order valence-electron chi connectivity index (χ0n) is 18.2. The third-order valence-corrected chi connectivity index (χ3v) is 8.29. The lowest BCUT2D eigenvalue weighted by molar-refractivity contribution is -0.00308. The highest BCUT2D eigenvalue weighted by Gasteiger charge is 2.49. The van der Waals surface area contributed by atoms with Crippen molar-refractivity contribution in [1.82, 2.24) is 24.6 Å². The third-order valence-electron chi connectivity index (χ3n) is 7.33. The Morgan fingerprint density at radius 3 is 2.85 bits per heavy atom. The Bertz CT molecular complexity index is 1390. The number of benzene rings is 1. The third kappa shape index (κ3) is 3.17. The summed E-state index contributed by atoms with van der Waals surface area (Å²) in [6, 6.07) is 3.69. The van der Waals surface area contributed by atoms with Crippen LogP contribution in [0.15, 0.2) is 29.2 Å². The highest BCUT2D eigenvalue weighted by molar-refractivity contribution is 7.14. The smallest absolute Gasteiger partial charge is 0.275 e. The quantitative estimate of drug-likeness (QED) is 0.613. The number of carbonyl (C=O) groups excluding carboxylic acids is 1. The summed E-state index contributed by atoms with van der Waals surface area (Å²) in [5.41, 5.74) is -0.291. The molecular weight excluding hydrogens is 464 g/mol. The van der Waals surface area contributed by atoms with E-state index < -0.39 is 22.8 Å². The first-order valence-electron chi connectivity index (χ1n) is 11.1. The second-order valence-electron chi connectivity index (χ2n) is 9.12. The number of amides is 1. The minimum atomic E-state index is -0.692. The molecule has 0 spiro atoms. The molecular formula is C23H21F2N5O3S. The van der Waals surface area contributed by atoms with Crippen LogP contribution in [0.4, 0.5) is 8.78 Å². The van der Waals surface area contributed by atoms with E-state index in [1.165, 1.54) is 12.1 Å². The summed E-state index contributed by atoms with van der Waals surface area (Å²) in [5, 5.41) is 19.6. The van der Waals surface area contributed by atoms with Gasteiger partial charge in [0.05, 0.1) is 18.3 Å². The Labute approximate surface area is 197 Å². The molecule has 3 unspecified atom stereocenters. The van der Waals surface area contributed by atoms with Gasteiger partial charge in [0.15, 0.2) is 16.5 Å². The van der Waals surface area contributed by atoms with Crippen LogP contribution in [0.5, 0.6) is 5.75 Å². The van der Waals surface area contributed by atoms with Gasteiger partial charge in [-0.25, -0.2) is 8.78 Å². The Kier molecular flexibility index (Phi) is 4.82. The van der Waals surface area contributed by atoms with E-state index in [1.54, 1.807) is 15.7 Å². The molecule has 3 aromatic rings. The zero-order valence-corrected chi connectivity index (χ0v) is 19.1. The van der Waals surface area contributed by atoms with E-state index in [1.807, 2.05) is 0 Å². The van der Waals surface area contributed by atoms with E-state index in [4.69, 9.17) is 0 Å². The fraction of sp³-hybridized carbons (Fsp3) is 0.391. The maximum atomic E-state index is 14.0. The van der Waals surface area contributed by atoms with Crippen LogP contribution in [0.25, 0.3) is 10.6 Å². The normalized spacial score (nSPS) is 25.4. The number of rotatable bonds is 3. The molecule has 1 N–H and O–H groups in total. The number of nitrogens with zero attached hydrogens (tertiary/aromatic N) is 5. The molecule has 3 aliphatic heterocycles. The first kappa shape index (κ1) is 21.4. The first-order valence-corrected chi connectivity index (χ1v) is 11.9. The Balaban J connectivity index is 1.35. The number of aromatic nitrogens is 3. The number of fused-ring (bicyclic) bond motifs is 5. The zero-order chi connectivity index (χ0) is 23.7. The molecule has 11 heteroatoms. The Morgan fingerprint density at radius 1 is 1.24 bits per heavy atom. The lowest BCUT2D eigenvalue weighted by atomic mass is 9.88. The molecule has 8 nitrogen and oxygen atoms in total. The summed E-state index contributed by atoms with van der Waals surface area (Å²) in [4.78, 5) is 30.3. The van der Waals surface area contributed by atoms with Crippen LogP contribution in [-0.4, -0.2) is 60.9 Å². The predicted octanol–water partition coefficient (Wildman–Crippen LogP) is 2.45. The fourth-order valence-corrected chi connectivity index (χ4v) is 6.36. The Morgan fingerprint density at radius 2 is 2.06 bits per heavy atom. The van der Waals surface area contributed by atoms with Crippen LogP contribution < -0.4 is 5.43 Å². The molecule has 2 bridgehead atoms. The number of pyridine rings is 1. The van der Waals surface area contributed by atoms with E-state index in [-0.39, 0.29) is 40.2 Å². The molecule has 0 aliphatic carbocycles. The second-order valence-corrected chi connectivity index (χ2v) is 10.2. The summed E-state index contributed by atoms with van der Waals surface area (Å²) in [7, 11) is 0. The molecule has 0 radical (unpaired) electrons. The molecule has 1 aromatic carbocycles. The van der Waals surface area contributed by atoms with Gasteiger partial charge in [0.2, 0.25) is 5.43 Å². The van der Waals surface area contributed by atoms with Gasteiger partial charge in [-0.2, -0.15) is 0 Å². The molecule has 2 fully saturated rings. The van der Waals surface area contributed by atoms with Crippen molar-refractivity contribution in [3.05, 3.63) is 62.5 Å². The largest absolute Gasteiger partial charge is 0.503 e. The molecule has 1 amide bonds. The van der Waals surface area contributed by atoms with Crippen LogP contribution >= 0.6 is 11.3 Å². The lowest BCUT2D eigenvalue weighted by Gasteiger charge is -2.47. The van der Waals surface area contributed by atoms with Crippen LogP contribution in [-0.2, 0) is 13.0 Å². The topological polar surface area (TPSA) is 91.6 Å². The molecule has 34 heavy (non-hydrogen) atoms. The van der Waals surface area contributed by atoms with Crippen LogP contribution in [0.3, 0.4) is 0 Å². The minimum absolute atomic E-state index is 0.00160. The molecule has 2 aromatic heterocycles. The molecule has 0 saturated carbocycles. The van der Waals surface area contributed by atoms with Gasteiger partial charge in [-0.3, -0.25) is 14.5 Å². The summed E-state index contributed by atoms with van der Waals surface area (Å²) < 4.78 is 28.9. The number of aromatic hydroxyl groups is 1. The minimum Gasteiger partial charge on any atom is -0.503 e. The summed E-state index contributed by atoms with van der Waals surface area (Å²) in [6.07, 6.45) is 2.67. The van der Waals surface area contributed by atoms with Crippen molar-refractivity contribution in [1.29, 1.82) is 0 Å². The lowest BCUT2D eigenvalue weighted by Crippen LogP contribution is -2.61. The Hall–Kier alpha value is -3.18. The van der Waals surface area contributed by atoms with Crippen molar-refractivity contribution in [2.75, 3.05) is 13.2 Å². The average molecular weight is 486 g/mol. The van der Waals surface area contributed by atoms with E-state index in [2.05, 4.69) is 22.0 Å². The van der Waals surface area contributed by atoms with Crippen molar-refractivity contribution in [3.63, 3.8) is 0 Å². The van der Waals surface area contributed by atoms with E-state index in [9.17, 15) is 23.5 Å². The van der Waals surface area contributed by atoms with Crippen LogP contribution in [0, 0.1) is 17.6 Å². The fourth-order valence-electron chi connectivity index (χ4n) is 5.49. The van der Waals surface area contributed by atoms with Gasteiger partial charge in [-0.05, 0) is 30.9 Å². The average Bonchev–Trinajstić information content (AvgIpc) is 3.35. The van der Waals surface area contributed by atoms with Gasteiger partial charge >= 0.3 is 0 Å². The van der Waals surface area contributed by atoms with Gasteiger partial charge in [-0.1, -0.05) is 17.4 Å². The number of halogens is 2. The summed E-state index contributed by atoms with van der Waals surface area (Å²) in [6.45, 7) is 4.09. The summed E-state index contributed by atoms with van der Waals surface area (Å²) >= 11 is 1.09. The number of hydrogen-bond donors (Lipinski definition) is 1. The van der Waals surface area contributed by atoms with Crippen molar-refractivity contribution < 1.29 is 18.7 Å². The van der Waals surface area contributed by atoms with Crippen LogP contribution in [0.2, 0.25) is 0 Å². The van der Waals surface area contributed by atoms with Gasteiger partial charge < -0.3 is 14.6 Å². The van der Waals surface area contributed by atoms with E-state index in [0.717, 1.165) is 30.4 Å². The maximum Gasteiger partial charge on any atom is 0.275 e. The molecule has 4 atom stereocenters. The monoisotopic (exact) mass is 485 g/mol. The van der Waals surface area contributed by atoms with Gasteiger partial charge in [0.25, 0.3) is 5.91 Å². The number of carbonyl (C=O) groups is 1. The molecule has 3 aliphatic rings. The van der Waals surface area contributed by atoms with Crippen molar-refractivity contribution in [2.45, 2.75) is 38.4 Å². The van der Waals surface area contributed by atoms with Crippen LogP contribution in [0.1, 0.15) is 34.4 Å². The van der Waals surface area contributed by atoms with Crippen molar-refractivity contribution in [3.8, 4) is 16.3 Å². The predicted molar refractivity (Wildman–Crippen MR) is 120 cm³/mol. The molecule has 5 heterocycles. The SMILES string of the molecule is C[C@H]1C2CCN1CN1C(=O)c3c(O)c(=O)c(-c4nnc(Cc5ccc(F)cc5F)s4)cn3CC21. The van der Waals surface area contributed by atoms with Gasteiger partial charge in [-0.15, -0.1) is 10.2 Å². The highest BCUT2D eigenvalue weighted by Crippen LogP contribution is 2.39. The standard InChI is InChI=1S/C23H21F2N5O3S/c1-11-14-4-5-28(11)10-30-17(14)9-29-8-15(20(31)21(32)19(29)23(30)33)22-27-26-18(34-22)6-12-2-3-13(24)7-16(12)25/h2-3,7-8,11,14,17,32H,4-6,9-10H2,1H3/t11-,14?,17?/m0/s1. The molecule has 2 saturated heterocycles. The maximum absolute atomic E-state index is 14.0. The van der Waals surface area contributed by atoms with Crippen molar-refractivity contribution >= 4 is 17.2 Å².